The van der Waals surface area contributed by atoms with Crippen LogP contribution in [0.15, 0.2) is 97.2 Å². The molecule has 0 aromatic carbocycles. The van der Waals surface area contributed by atoms with Crippen molar-refractivity contribution in [3.05, 3.63) is 97.2 Å². The SMILES string of the molecule is CC/C=C\C/C=C\C/C=C\CCCCCCC(=O)OCC(COC(=O)CCCCCCCC/C=C\C=C/CCCCC)OC(=O)CCCCCC/C=C\C/C=C\C/C=C\CC. The molecule has 6 heteroatoms. The Morgan fingerprint density at radius 2 is 0.689 bits per heavy atom. The van der Waals surface area contributed by atoms with Crippen LogP contribution < -0.4 is 0 Å². The first-order valence-electron chi connectivity index (χ1n) is 24.8. The van der Waals surface area contributed by atoms with Crippen LogP contribution in [0, 0.1) is 0 Å². The third-order valence-corrected chi connectivity index (χ3v) is 10.1. The van der Waals surface area contributed by atoms with E-state index in [0.29, 0.717) is 19.3 Å². The second kappa shape index (κ2) is 49.0. The molecule has 0 aliphatic rings. The van der Waals surface area contributed by atoms with E-state index in [-0.39, 0.29) is 31.1 Å². The van der Waals surface area contributed by atoms with Crippen molar-refractivity contribution in [3.8, 4) is 0 Å². The first-order chi connectivity index (χ1) is 30.0. The molecule has 0 aromatic rings. The monoisotopic (exact) mass is 847 g/mol. The van der Waals surface area contributed by atoms with Crippen molar-refractivity contribution in [1.82, 2.24) is 0 Å². The van der Waals surface area contributed by atoms with Gasteiger partial charge in [0.15, 0.2) is 6.10 Å². The molecule has 0 bridgehead atoms. The molecule has 0 radical (unpaired) electrons. The number of allylic oxidation sites excluding steroid dienone is 16. The Balaban J connectivity index is 4.49. The third kappa shape index (κ3) is 47.2. The van der Waals surface area contributed by atoms with E-state index in [1.54, 1.807) is 0 Å². The van der Waals surface area contributed by atoms with Gasteiger partial charge >= 0.3 is 17.9 Å². The van der Waals surface area contributed by atoms with Crippen molar-refractivity contribution in [2.45, 2.75) is 219 Å². The van der Waals surface area contributed by atoms with Crippen molar-refractivity contribution in [2.75, 3.05) is 13.2 Å². The molecule has 0 saturated heterocycles. The summed E-state index contributed by atoms with van der Waals surface area (Å²) in [5, 5.41) is 0. The lowest BCUT2D eigenvalue weighted by Crippen LogP contribution is -2.30. The highest BCUT2D eigenvalue weighted by Crippen LogP contribution is 2.13. The van der Waals surface area contributed by atoms with Crippen LogP contribution >= 0.6 is 0 Å². The quantitative estimate of drug-likeness (QED) is 0.0200. The first kappa shape index (κ1) is 57.3. The summed E-state index contributed by atoms with van der Waals surface area (Å²) in [5.74, 6) is -0.963. The van der Waals surface area contributed by atoms with Crippen LogP contribution in [0.25, 0.3) is 0 Å². The Hall–Kier alpha value is -3.67. The number of rotatable bonds is 43. The minimum Gasteiger partial charge on any atom is -0.462 e. The standard InChI is InChI=1S/C55H90O6/c1-4-7-10-13-16-19-22-25-28-31-33-36-39-42-45-48-54(57)60-51-52(61-55(58)49-46-43-40-37-34-30-27-24-21-18-15-12-9-6-3)50-59-53(56)47-44-41-38-35-32-29-26-23-20-17-14-11-8-5-2/h8-9,11-12,16-22,25-27,29-30,52H,4-7,10,13-15,23-24,28,31-51H2,1-3H3/b11-8-,12-9-,19-16-,20-17-,21-18-,25-22-,29-26-,30-27-. The maximum Gasteiger partial charge on any atom is 0.306 e. The van der Waals surface area contributed by atoms with Gasteiger partial charge in [-0.15, -0.1) is 0 Å². The Labute approximate surface area is 375 Å². The molecule has 1 unspecified atom stereocenters. The second-order valence-corrected chi connectivity index (χ2v) is 16.0. The Bertz CT molecular complexity index is 1250. The van der Waals surface area contributed by atoms with Crippen LogP contribution in [0.1, 0.15) is 213 Å². The molecule has 0 aliphatic heterocycles. The Morgan fingerprint density at radius 3 is 1.10 bits per heavy atom. The van der Waals surface area contributed by atoms with Gasteiger partial charge in [-0.05, 0) is 109 Å². The zero-order valence-electron chi connectivity index (χ0n) is 39.4. The number of ether oxygens (including phenoxy) is 3. The van der Waals surface area contributed by atoms with E-state index in [1.165, 1.54) is 44.9 Å². The molecule has 0 amide bonds. The van der Waals surface area contributed by atoms with E-state index in [2.05, 4.69) is 118 Å². The zero-order chi connectivity index (χ0) is 44.4. The summed E-state index contributed by atoms with van der Waals surface area (Å²) in [6, 6.07) is 0. The molecule has 346 valence electrons. The average Bonchev–Trinajstić information content (AvgIpc) is 3.26. The molecule has 6 nitrogen and oxygen atoms in total. The molecule has 0 aliphatic carbocycles. The van der Waals surface area contributed by atoms with Gasteiger partial charge in [-0.25, -0.2) is 0 Å². The van der Waals surface area contributed by atoms with E-state index < -0.39 is 6.10 Å². The highest BCUT2D eigenvalue weighted by Gasteiger charge is 2.19. The minimum atomic E-state index is -0.803. The number of carbonyl (C=O) groups excluding carboxylic acids is 3. The van der Waals surface area contributed by atoms with Crippen LogP contribution in [-0.4, -0.2) is 37.2 Å². The molecule has 0 rings (SSSR count). The highest BCUT2D eigenvalue weighted by molar-refractivity contribution is 5.71. The van der Waals surface area contributed by atoms with Crippen LogP contribution in [0.2, 0.25) is 0 Å². The molecule has 0 heterocycles. The molecule has 1 atom stereocenters. The predicted octanol–water partition coefficient (Wildman–Crippen LogP) is 16.2. The Kier molecular flexibility index (Phi) is 46.0. The molecule has 0 spiro atoms. The summed E-state index contributed by atoms with van der Waals surface area (Å²) in [7, 11) is 0. The number of hydrogen-bond acceptors (Lipinski definition) is 6. The van der Waals surface area contributed by atoms with Crippen molar-refractivity contribution >= 4 is 17.9 Å². The van der Waals surface area contributed by atoms with Crippen molar-refractivity contribution in [3.63, 3.8) is 0 Å². The van der Waals surface area contributed by atoms with Crippen molar-refractivity contribution in [2.24, 2.45) is 0 Å². The van der Waals surface area contributed by atoms with Gasteiger partial charge in [-0.2, -0.15) is 0 Å². The second-order valence-electron chi connectivity index (χ2n) is 16.0. The van der Waals surface area contributed by atoms with Gasteiger partial charge in [0.2, 0.25) is 0 Å². The van der Waals surface area contributed by atoms with E-state index in [9.17, 15) is 14.4 Å². The van der Waals surface area contributed by atoms with Gasteiger partial charge in [0.25, 0.3) is 0 Å². The summed E-state index contributed by atoms with van der Waals surface area (Å²) in [5.41, 5.74) is 0. The van der Waals surface area contributed by atoms with E-state index in [0.717, 1.165) is 128 Å². The maximum atomic E-state index is 12.8. The van der Waals surface area contributed by atoms with E-state index in [1.807, 2.05) is 0 Å². The van der Waals surface area contributed by atoms with Crippen molar-refractivity contribution < 1.29 is 28.6 Å². The smallest absolute Gasteiger partial charge is 0.306 e. The maximum absolute atomic E-state index is 12.8. The van der Waals surface area contributed by atoms with Crippen LogP contribution in [0.5, 0.6) is 0 Å². The van der Waals surface area contributed by atoms with E-state index >= 15 is 0 Å². The molecule has 61 heavy (non-hydrogen) atoms. The summed E-state index contributed by atoms with van der Waals surface area (Å²) in [4.78, 5) is 37.9. The number of esters is 3. The lowest BCUT2D eigenvalue weighted by atomic mass is 10.1. The fourth-order valence-electron chi connectivity index (χ4n) is 6.40. The average molecular weight is 847 g/mol. The molecule has 0 aromatic heterocycles. The van der Waals surface area contributed by atoms with Gasteiger partial charge < -0.3 is 14.2 Å². The predicted molar refractivity (Wildman–Crippen MR) is 260 cm³/mol. The Morgan fingerprint density at radius 1 is 0.361 bits per heavy atom. The largest absolute Gasteiger partial charge is 0.462 e. The number of hydrogen-bond donors (Lipinski definition) is 0. The van der Waals surface area contributed by atoms with Gasteiger partial charge in [-0.1, -0.05) is 182 Å². The fourth-order valence-corrected chi connectivity index (χ4v) is 6.40. The molecular formula is C55H90O6. The summed E-state index contributed by atoms with van der Waals surface area (Å²) < 4.78 is 16.7. The normalized spacial score (nSPS) is 12.9. The van der Waals surface area contributed by atoms with Gasteiger partial charge in [0.1, 0.15) is 13.2 Å². The summed E-state index contributed by atoms with van der Waals surface area (Å²) >= 11 is 0. The summed E-state index contributed by atoms with van der Waals surface area (Å²) in [6.45, 7) is 6.32. The zero-order valence-corrected chi connectivity index (χ0v) is 39.4. The topological polar surface area (TPSA) is 78.9 Å². The number of carbonyl (C=O) groups is 3. The minimum absolute atomic E-state index is 0.102. The van der Waals surface area contributed by atoms with E-state index in [4.69, 9.17) is 14.2 Å². The molecular weight excluding hydrogens is 757 g/mol. The fraction of sp³-hybridized carbons (Fsp3) is 0.655. The van der Waals surface area contributed by atoms with Gasteiger partial charge in [0, 0.05) is 19.3 Å². The van der Waals surface area contributed by atoms with Crippen LogP contribution in [0.4, 0.5) is 0 Å². The van der Waals surface area contributed by atoms with Crippen LogP contribution in [0.3, 0.4) is 0 Å². The molecule has 0 N–H and O–H groups in total. The lowest BCUT2D eigenvalue weighted by Gasteiger charge is -2.18. The first-order valence-corrected chi connectivity index (χ1v) is 24.8. The van der Waals surface area contributed by atoms with Gasteiger partial charge in [-0.3, -0.25) is 14.4 Å². The van der Waals surface area contributed by atoms with Crippen molar-refractivity contribution in [1.29, 1.82) is 0 Å². The highest BCUT2D eigenvalue weighted by atomic mass is 16.6. The molecule has 0 fully saturated rings. The summed E-state index contributed by atoms with van der Waals surface area (Å²) in [6.07, 6.45) is 63.8. The van der Waals surface area contributed by atoms with Crippen LogP contribution in [-0.2, 0) is 28.6 Å². The molecule has 0 saturated carbocycles. The number of unbranched alkanes of at least 4 members (excludes halogenated alkanes) is 17. The third-order valence-electron chi connectivity index (χ3n) is 10.1. The lowest BCUT2D eigenvalue weighted by molar-refractivity contribution is -0.167. The van der Waals surface area contributed by atoms with Gasteiger partial charge in [0.05, 0.1) is 0 Å².